The van der Waals surface area contributed by atoms with Gasteiger partial charge in [0.05, 0.1) is 19.8 Å². The molecule has 7 nitrogen and oxygen atoms in total. The number of aliphatic hydroxyl groups is 1. The van der Waals surface area contributed by atoms with Crippen molar-refractivity contribution in [2.45, 2.75) is 30.8 Å². The fourth-order valence-corrected chi connectivity index (χ4v) is 6.35. The van der Waals surface area contributed by atoms with E-state index in [1.807, 2.05) is 23.1 Å². The topological polar surface area (TPSA) is 81.7 Å². The Hall–Kier alpha value is -3.75. The van der Waals surface area contributed by atoms with Gasteiger partial charge in [0, 0.05) is 77.8 Å². The van der Waals surface area contributed by atoms with Gasteiger partial charge < -0.3 is 19.7 Å². The Morgan fingerprint density at radius 1 is 1.16 bits per heavy atom. The van der Waals surface area contributed by atoms with Crippen LogP contribution in [0, 0.1) is 5.82 Å². The number of benzene rings is 2. The highest BCUT2D eigenvalue weighted by Crippen LogP contribution is 2.49. The van der Waals surface area contributed by atoms with Gasteiger partial charge in [0.1, 0.15) is 11.6 Å². The zero-order chi connectivity index (χ0) is 26.3. The third kappa shape index (κ3) is 4.14. The molecule has 1 unspecified atom stereocenters. The van der Waals surface area contributed by atoms with Crippen LogP contribution < -0.4 is 4.74 Å². The highest BCUT2D eigenvalue weighted by atomic mass is 19.1. The maximum Gasteiger partial charge on any atom is 0.253 e. The number of hydrogen-bond acceptors (Lipinski definition) is 5. The fraction of sp³-hybridized carbons (Fsp3) is 0.333. The van der Waals surface area contributed by atoms with Crippen LogP contribution >= 0.6 is 0 Å². The van der Waals surface area contributed by atoms with Crippen molar-refractivity contribution in [2.24, 2.45) is 0 Å². The number of carbonyl (C=O) groups excluding carboxylic acids is 1. The highest BCUT2D eigenvalue weighted by Gasteiger charge is 2.48. The van der Waals surface area contributed by atoms with Crippen molar-refractivity contribution in [1.29, 1.82) is 0 Å². The average Bonchev–Trinajstić information content (AvgIpc) is 3.34. The first-order chi connectivity index (χ1) is 18.5. The number of pyridine rings is 1. The minimum absolute atomic E-state index is 0.0124. The Morgan fingerprint density at radius 2 is 1.92 bits per heavy atom. The molecule has 0 bridgehead atoms. The van der Waals surface area contributed by atoms with E-state index >= 15 is 0 Å². The summed E-state index contributed by atoms with van der Waals surface area (Å²) in [4.78, 5) is 24.9. The van der Waals surface area contributed by atoms with Gasteiger partial charge in [-0.05, 0) is 48.7 Å². The van der Waals surface area contributed by atoms with Crippen LogP contribution in [0.15, 0.2) is 67.0 Å². The molecule has 6 rings (SSSR count). The Bertz CT molecular complexity index is 1460. The summed E-state index contributed by atoms with van der Waals surface area (Å²) in [6.07, 6.45) is 4.81. The molecular formula is C30H31FN4O3. The monoisotopic (exact) mass is 514 g/mol. The molecule has 4 aromatic rings. The van der Waals surface area contributed by atoms with Crippen molar-refractivity contribution < 1.29 is 19.0 Å². The van der Waals surface area contributed by atoms with Crippen LogP contribution in [0.25, 0.3) is 10.9 Å². The number of nitrogens with one attached hydrogen (secondary N) is 1. The molecule has 2 N–H and O–H groups in total. The van der Waals surface area contributed by atoms with E-state index in [0.717, 1.165) is 35.2 Å². The van der Waals surface area contributed by atoms with Gasteiger partial charge in [-0.2, -0.15) is 0 Å². The van der Waals surface area contributed by atoms with E-state index in [0.29, 0.717) is 37.3 Å². The van der Waals surface area contributed by atoms with Crippen molar-refractivity contribution in [1.82, 2.24) is 19.8 Å². The summed E-state index contributed by atoms with van der Waals surface area (Å²) < 4.78 is 20.2. The summed E-state index contributed by atoms with van der Waals surface area (Å²) in [6, 6.07) is 16.1. The van der Waals surface area contributed by atoms with Crippen LogP contribution in [0.4, 0.5) is 4.39 Å². The number of fused-ring (bicyclic) bond motifs is 4. The van der Waals surface area contributed by atoms with Gasteiger partial charge in [-0.25, -0.2) is 4.39 Å². The van der Waals surface area contributed by atoms with Gasteiger partial charge in [0.25, 0.3) is 5.91 Å². The molecule has 1 atom stereocenters. The molecule has 2 aliphatic heterocycles. The van der Waals surface area contributed by atoms with Crippen molar-refractivity contribution in [2.75, 3.05) is 33.4 Å². The molecule has 2 aromatic heterocycles. The van der Waals surface area contributed by atoms with E-state index in [1.54, 1.807) is 43.8 Å². The smallest absolute Gasteiger partial charge is 0.253 e. The molecule has 1 spiro atoms. The van der Waals surface area contributed by atoms with Gasteiger partial charge in [-0.15, -0.1) is 0 Å². The van der Waals surface area contributed by atoms with Crippen LogP contribution in [0.2, 0.25) is 0 Å². The Balaban J connectivity index is 1.40. The molecule has 8 heteroatoms. The molecule has 1 saturated heterocycles. The lowest BCUT2D eigenvalue weighted by Crippen LogP contribution is -2.54. The van der Waals surface area contributed by atoms with Crippen molar-refractivity contribution in [3.63, 3.8) is 0 Å². The van der Waals surface area contributed by atoms with E-state index in [2.05, 4.69) is 20.9 Å². The zero-order valence-corrected chi connectivity index (χ0v) is 21.4. The number of ether oxygens (including phenoxy) is 1. The molecule has 1 fully saturated rings. The highest BCUT2D eigenvalue weighted by molar-refractivity contribution is 5.94. The average molecular weight is 515 g/mol. The summed E-state index contributed by atoms with van der Waals surface area (Å²) >= 11 is 0. The molecule has 38 heavy (non-hydrogen) atoms. The number of aliphatic hydroxyl groups excluding tert-OH is 1. The summed E-state index contributed by atoms with van der Waals surface area (Å²) in [6.45, 7) is 2.18. The summed E-state index contributed by atoms with van der Waals surface area (Å²) in [7, 11) is 1.65. The predicted octanol–water partition coefficient (Wildman–Crippen LogP) is 4.43. The molecule has 0 saturated carbocycles. The Morgan fingerprint density at radius 3 is 2.63 bits per heavy atom. The number of hydrogen-bond donors (Lipinski definition) is 2. The SMILES string of the molecule is COc1ccc2c3c([nH]c2c1)C(CO)N(Cc1ccccc1F)CC31CCN(C(=O)c2ccncc2)CC1. The van der Waals surface area contributed by atoms with Gasteiger partial charge in [-0.1, -0.05) is 18.2 Å². The van der Waals surface area contributed by atoms with Gasteiger partial charge in [0.2, 0.25) is 0 Å². The lowest BCUT2D eigenvalue weighted by Gasteiger charge is -2.50. The second-order valence-electron chi connectivity index (χ2n) is 10.3. The first kappa shape index (κ1) is 24.6. The molecule has 2 aromatic carbocycles. The number of methoxy groups -OCH3 is 1. The normalized spacial score (nSPS) is 19.0. The fourth-order valence-electron chi connectivity index (χ4n) is 6.35. The second kappa shape index (κ2) is 9.85. The van der Waals surface area contributed by atoms with Crippen LogP contribution in [-0.4, -0.2) is 64.1 Å². The Kier molecular flexibility index (Phi) is 6.37. The number of aromatic nitrogens is 2. The lowest BCUT2D eigenvalue weighted by molar-refractivity contribution is 0.0382. The summed E-state index contributed by atoms with van der Waals surface area (Å²) in [5.41, 5.74) is 4.11. The molecule has 0 aliphatic carbocycles. The van der Waals surface area contributed by atoms with Crippen LogP contribution in [0.3, 0.4) is 0 Å². The maximum absolute atomic E-state index is 14.7. The van der Waals surface area contributed by atoms with E-state index in [9.17, 15) is 14.3 Å². The summed E-state index contributed by atoms with van der Waals surface area (Å²) in [5, 5.41) is 11.7. The zero-order valence-electron chi connectivity index (χ0n) is 21.4. The maximum atomic E-state index is 14.7. The number of amides is 1. The molecule has 196 valence electrons. The van der Waals surface area contributed by atoms with Gasteiger partial charge >= 0.3 is 0 Å². The number of halogens is 1. The van der Waals surface area contributed by atoms with Crippen LogP contribution in [-0.2, 0) is 12.0 Å². The van der Waals surface area contributed by atoms with E-state index in [4.69, 9.17) is 4.74 Å². The third-order valence-electron chi connectivity index (χ3n) is 8.28. The largest absolute Gasteiger partial charge is 0.497 e. The first-order valence-electron chi connectivity index (χ1n) is 13.0. The number of likely N-dealkylation sites (tertiary alicyclic amines) is 1. The minimum Gasteiger partial charge on any atom is -0.497 e. The molecule has 2 aliphatic rings. The summed E-state index contributed by atoms with van der Waals surface area (Å²) in [5.74, 6) is 0.522. The third-order valence-corrected chi connectivity index (χ3v) is 8.28. The minimum atomic E-state index is -0.301. The number of piperidine rings is 1. The number of rotatable bonds is 5. The first-order valence-corrected chi connectivity index (χ1v) is 13.0. The number of H-pyrrole nitrogens is 1. The molecule has 4 heterocycles. The van der Waals surface area contributed by atoms with Crippen LogP contribution in [0.1, 0.15) is 46.1 Å². The lowest BCUT2D eigenvalue weighted by atomic mass is 9.68. The second-order valence-corrected chi connectivity index (χ2v) is 10.3. The number of carbonyl (C=O) groups is 1. The number of nitrogens with zero attached hydrogens (tertiary/aromatic N) is 3. The standard InChI is InChI=1S/C30H31FN4O3/c1-38-22-6-7-23-25(16-22)33-28-26(18-36)35(17-21-4-2-3-5-24(21)31)19-30(27(23)28)10-14-34(15-11-30)29(37)20-8-12-32-13-9-20/h2-9,12-13,16,26,33,36H,10-11,14-15,17-19H2,1H3. The van der Waals surface area contributed by atoms with Gasteiger partial charge in [0.15, 0.2) is 0 Å². The van der Waals surface area contributed by atoms with E-state index in [1.165, 1.54) is 11.6 Å². The van der Waals surface area contributed by atoms with Crippen molar-refractivity contribution >= 4 is 16.8 Å². The van der Waals surface area contributed by atoms with Crippen molar-refractivity contribution in [3.05, 3.63) is 95.2 Å². The van der Waals surface area contributed by atoms with Crippen LogP contribution in [0.5, 0.6) is 5.75 Å². The predicted molar refractivity (Wildman–Crippen MR) is 143 cm³/mol. The van der Waals surface area contributed by atoms with E-state index in [-0.39, 0.29) is 29.8 Å². The quantitative estimate of drug-likeness (QED) is 0.412. The van der Waals surface area contributed by atoms with Crippen molar-refractivity contribution in [3.8, 4) is 5.75 Å². The number of aromatic amines is 1. The van der Waals surface area contributed by atoms with Gasteiger partial charge in [-0.3, -0.25) is 14.7 Å². The molecular weight excluding hydrogens is 483 g/mol. The van der Waals surface area contributed by atoms with E-state index < -0.39 is 0 Å². The molecule has 0 radical (unpaired) electrons. The Labute approximate surface area is 220 Å². The molecule has 1 amide bonds.